The van der Waals surface area contributed by atoms with E-state index in [0.717, 1.165) is 18.5 Å². The van der Waals surface area contributed by atoms with Gasteiger partial charge >= 0.3 is 0 Å². The van der Waals surface area contributed by atoms with E-state index in [0.29, 0.717) is 11.6 Å². The summed E-state index contributed by atoms with van der Waals surface area (Å²) in [5.74, 6) is 1.23. The number of hydrogen-bond donors (Lipinski definition) is 1. The van der Waals surface area contributed by atoms with Crippen molar-refractivity contribution < 1.29 is 4.74 Å². The molecule has 2 rings (SSSR count). The summed E-state index contributed by atoms with van der Waals surface area (Å²) in [4.78, 5) is 4.21. The van der Waals surface area contributed by atoms with Gasteiger partial charge in [-0.1, -0.05) is 13.0 Å². The van der Waals surface area contributed by atoms with Crippen LogP contribution in [-0.4, -0.2) is 14.8 Å². The first-order valence-corrected chi connectivity index (χ1v) is 6.11. The molecule has 0 aliphatic rings. The molecule has 0 saturated heterocycles. The van der Waals surface area contributed by atoms with E-state index in [1.807, 2.05) is 29.9 Å². The highest BCUT2D eigenvalue weighted by molar-refractivity contribution is 5.32. The van der Waals surface area contributed by atoms with Crippen molar-refractivity contribution in [3.05, 3.63) is 36.3 Å². The Hall–Kier alpha value is -1.88. The Kier molecular flexibility index (Phi) is 3.94. The average Bonchev–Trinajstić information content (AvgIpc) is 2.77. The van der Waals surface area contributed by atoms with Gasteiger partial charge in [0.25, 0.3) is 0 Å². The summed E-state index contributed by atoms with van der Waals surface area (Å²) in [6, 6.07) is 3.66. The first-order chi connectivity index (χ1) is 8.70. The lowest BCUT2D eigenvalue weighted by atomic mass is 10.1. The Morgan fingerprint density at radius 1 is 1.50 bits per heavy atom. The van der Waals surface area contributed by atoms with Crippen LogP contribution in [0.1, 0.15) is 31.9 Å². The normalized spacial score (nSPS) is 12.4. The lowest BCUT2D eigenvalue weighted by Gasteiger charge is -2.10. The lowest BCUT2D eigenvalue weighted by Crippen LogP contribution is -2.07. The molecular weight excluding hydrogens is 228 g/mol. The second-order valence-electron chi connectivity index (χ2n) is 4.23. The van der Waals surface area contributed by atoms with Crippen LogP contribution >= 0.6 is 0 Å². The maximum atomic E-state index is 5.88. The predicted molar refractivity (Wildman–Crippen MR) is 69.4 cm³/mol. The molecule has 0 aliphatic carbocycles. The minimum atomic E-state index is -0.112. The molecular formula is C13H18N4O. The summed E-state index contributed by atoms with van der Waals surface area (Å²) < 4.78 is 7.57. The van der Waals surface area contributed by atoms with E-state index in [1.54, 1.807) is 12.4 Å². The van der Waals surface area contributed by atoms with Crippen molar-refractivity contribution in [2.75, 3.05) is 0 Å². The fourth-order valence-electron chi connectivity index (χ4n) is 1.70. The Balaban J connectivity index is 2.17. The molecule has 2 heterocycles. The van der Waals surface area contributed by atoms with E-state index in [2.05, 4.69) is 17.0 Å². The van der Waals surface area contributed by atoms with Gasteiger partial charge in [0.15, 0.2) is 5.75 Å². The van der Waals surface area contributed by atoms with Crippen LogP contribution in [0.25, 0.3) is 0 Å². The van der Waals surface area contributed by atoms with Crippen molar-refractivity contribution in [1.82, 2.24) is 14.8 Å². The van der Waals surface area contributed by atoms with Gasteiger partial charge in [0.2, 0.25) is 5.88 Å². The predicted octanol–water partition coefficient (Wildman–Crippen LogP) is 2.50. The van der Waals surface area contributed by atoms with Crippen LogP contribution in [0.5, 0.6) is 11.6 Å². The molecule has 2 N–H and O–H groups in total. The quantitative estimate of drug-likeness (QED) is 0.880. The fourth-order valence-corrected chi connectivity index (χ4v) is 1.70. The van der Waals surface area contributed by atoms with Crippen molar-refractivity contribution in [2.24, 2.45) is 5.73 Å². The third kappa shape index (κ3) is 2.87. The fraction of sp³-hybridized carbons (Fsp3) is 0.385. The van der Waals surface area contributed by atoms with Gasteiger partial charge in [-0.3, -0.25) is 4.68 Å². The molecule has 0 fully saturated rings. The Morgan fingerprint density at radius 3 is 3.06 bits per heavy atom. The van der Waals surface area contributed by atoms with Crippen molar-refractivity contribution in [1.29, 1.82) is 0 Å². The summed E-state index contributed by atoms with van der Waals surface area (Å²) in [7, 11) is 0. The number of nitrogens with two attached hydrogens (primary N) is 1. The van der Waals surface area contributed by atoms with Gasteiger partial charge in [-0.15, -0.1) is 0 Å². The summed E-state index contributed by atoms with van der Waals surface area (Å²) in [5.41, 5.74) is 6.77. The zero-order valence-corrected chi connectivity index (χ0v) is 10.7. The van der Waals surface area contributed by atoms with Gasteiger partial charge in [-0.25, -0.2) is 4.98 Å². The molecule has 0 saturated carbocycles. The number of pyridine rings is 1. The second-order valence-corrected chi connectivity index (χ2v) is 4.23. The smallest absolute Gasteiger partial charge is 0.224 e. The van der Waals surface area contributed by atoms with E-state index < -0.39 is 0 Å². The summed E-state index contributed by atoms with van der Waals surface area (Å²) in [6.45, 7) is 4.89. The van der Waals surface area contributed by atoms with Gasteiger partial charge in [0.1, 0.15) is 0 Å². The summed E-state index contributed by atoms with van der Waals surface area (Å²) >= 11 is 0. The van der Waals surface area contributed by atoms with E-state index in [-0.39, 0.29) is 6.04 Å². The van der Waals surface area contributed by atoms with Crippen LogP contribution in [-0.2, 0) is 6.54 Å². The highest BCUT2D eigenvalue weighted by atomic mass is 16.5. The van der Waals surface area contributed by atoms with E-state index >= 15 is 0 Å². The molecule has 2 aromatic heterocycles. The minimum Gasteiger partial charge on any atom is -0.435 e. The summed E-state index contributed by atoms with van der Waals surface area (Å²) in [6.07, 6.45) is 6.28. The van der Waals surface area contributed by atoms with E-state index in [4.69, 9.17) is 10.5 Å². The van der Waals surface area contributed by atoms with Gasteiger partial charge < -0.3 is 10.5 Å². The molecule has 5 nitrogen and oxygen atoms in total. The zero-order valence-electron chi connectivity index (χ0n) is 10.7. The monoisotopic (exact) mass is 246 g/mol. The van der Waals surface area contributed by atoms with Gasteiger partial charge in [-0.05, 0) is 19.4 Å². The van der Waals surface area contributed by atoms with Crippen LogP contribution in [0.3, 0.4) is 0 Å². The second kappa shape index (κ2) is 5.64. The molecule has 96 valence electrons. The van der Waals surface area contributed by atoms with Crippen molar-refractivity contribution in [2.45, 2.75) is 32.9 Å². The first-order valence-electron chi connectivity index (χ1n) is 6.11. The van der Waals surface area contributed by atoms with Crippen molar-refractivity contribution in [3.63, 3.8) is 0 Å². The van der Waals surface area contributed by atoms with Gasteiger partial charge in [-0.2, -0.15) is 5.10 Å². The van der Waals surface area contributed by atoms with E-state index in [9.17, 15) is 0 Å². The van der Waals surface area contributed by atoms with Crippen LogP contribution in [0, 0.1) is 0 Å². The zero-order chi connectivity index (χ0) is 13.0. The molecule has 0 radical (unpaired) electrons. The van der Waals surface area contributed by atoms with Crippen LogP contribution in [0.15, 0.2) is 30.7 Å². The largest absolute Gasteiger partial charge is 0.435 e. The third-order valence-corrected chi connectivity index (χ3v) is 2.57. The Bertz CT molecular complexity index is 507. The molecule has 18 heavy (non-hydrogen) atoms. The topological polar surface area (TPSA) is 66.0 Å². The number of rotatable bonds is 5. The molecule has 2 aromatic rings. The highest BCUT2D eigenvalue weighted by Gasteiger charge is 2.10. The average molecular weight is 246 g/mol. The SMILES string of the molecule is CCCn1cc(Oc2ncccc2[C@@H](C)N)cn1. The van der Waals surface area contributed by atoms with Crippen molar-refractivity contribution >= 4 is 0 Å². The lowest BCUT2D eigenvalue weighted by molar-refractivity contribution is 0.450. The van der Waals surface area contributed by atoms with Gasteiger partial charge in [0.05, 0.1) is 12.4 Å². The van der Waals surface area contributed by atoms with Crippen molar-refractivity contribution in [3.8, 4) is 11.6 Å². The number of nitrogens with zero attached hydrogens (tertiary/aromatic N) is 3. The van der Waals surface area contributed by atoms with Crippen LogP contribution < -0.4 is 10.5 Å². The molecule has 5 heteroatoms. The standard InChI is InChI=1S/C13H18N4O/c1-3-7-17-9-11(8-16-17)18-13-12(10(2)14)5-4-6-15-13/h4-6,8-10H,3,7,14H2,1-2H3/t10-/m1/s1. The van der Waals surface area contributed by atoms with E-state index in [1.165, 1.54) is 0 Å². The molecule has 1 atom stereocenters. The van der Waals surface area contributed by atoms with Crippen LogP contribution in [0.2, 0.25) is 0 Å². The Labute approximate surface area is 107 Å². The molecule has 0 bridgehead atoms. The molecule has 0 amide bonds. The van der Waals surface area contributed by atoms with Gasteiger partial charge in [0, 0.05) is 24.3 Å². The summed E-state index contributed by atoms with van der Waals surface area (Å²) in [5, 5.41) is 4.21. The minimum absolute atomic E-state index is 0.112. The molecule has 0 spiro atoms. The molecule has 0 aliphatic heterocycles. The maximum Gasteiger partial charge on any atom is 0.224 e. The Morgan fingerprint density at radius 2 is 2.33 bits per heavy atom. The van der Waals surface area contributed by atoms with Crippen LogP contribution in [0.4, 0.5) is 0 Å². The molecule has 0 unspecified atom stereocenters. The number of aromatic nitrogens is 3. The maximum absolute atomic E-state index is 5.88. The molecule has 0 aromatic carbocycles. The highest BCUT2D eigenvalue weighted by Crippen LogP contribution is 2.25. The third-order valence-electron chi connectivity index (χ3n) is 2.57. The number of aryl methyl sites for hydroxylation is 1. The number of ether oxygens (including phenoxy) is 1. The first kappa shape index (κ1) is 12.6. The number of hydrogen-bond acceptors (Lipinski definition) is 4.